The first-order valence-corrected chi connectivity index (χ1v) is 5.74. The largest absolute Gasteiger partial charge is 0.349 e. The third-order valence-electron chi connectivity index (χ3n) is 2.19. The van der Waals surface area contributed by atoms with Gasteiger partial charge in [-0.2, -0.15) is 0 Å². The summed E-state index contributed by atoms with van der Waals surface area (Å²) in [6.45, 7) is 7.32. The second-order valence-electron chi connectivity index (χ2n) is 3.55. The molecule has 0 unspecified atom stereocenters. The van der Waals surface area contributed by atoms with Crippen molar-refractivity contribution in [2.24, 2.45) is 0 Å². The fourth-order valence-electron chi connectivity index (χ4n) is 1.35. The molecule has 0 radical (unpaired) electrons. The second kappa shape index (κ2) is 7.20. The summed E-state index contributed by atoms with van der Waals surface area (Å²) < 4.78 is 10.8. The van der Waals surface area contributed by atoms with Crippen molar-refractivity contribution in [3.8, 4) is 0 Å². The Labute approximate surface area is 97.9 Å². The zero-order valence-electron chi connectivity index (χ0n) is 10.3. The third kappa shape index (κ3) is 4.60. The molecule has 0 spiro atoms. The summed E-state index contributed by atoms with van der Waals surface area (Å²) in [7, 11) is 0. The number of hydrogen-bond donors (Lipinski definition) is 0. The quantitative estimate of drug-likeness (QED) is 0.684. The Morgan fingerprint density at radius 2 is 1.62 bits per heavy atom. The fraction of sp³-hybridized carbons (Fsp3) is 0.429. The van der Waals surface area contributed by atoms with E-state index in [2.05, 4.69) is 31.2 Å². The maximum Gasteiger partial charge on any atom is 0.177 e. The molecule has 0 saturated carbocycles. The van der Waals surface area contributed by atoms with Crippen LogP contribution >= 0.6 is 0 Å². The molecule has 2 nitrogen and oxygen atoms in total. The minimum atomic E-state index is -0.240. The molecule has 1 aromatic rings. The lowest BCUT2D eigenvalue weighted by Gasteiger charge is -2.12. The van der Waals surface area contributed by atoms with E-state index in [0.29, 0.717) is 13.2 Å². The normalized spacial score (nSPS) is 11.5. The first kappa shape index (κ1) is 12.9. The maximum atomic E-state index is 5.42. The van der Waals surface area contributed by atoms with Gasteiger partial charge in [0.05, 0.1) is 0 Å². The Morgan fingerprint density at radius 3 is 2.12 bits per heavy atom. The zero-order valence-corrected chi connectivity index (χ0v) is 10.3. The summed E-state index contributed by atoms with van der Waals surface area (Å²) in [6, 6.07) is 8.35. The highest BCUT2D eigenvalue weighted by atomic mass is 16.7. The van der Waals surface area contributed by atoms with Gasteiger partial charge in [0.1, 0.15) is 0 Å². The van der Waals surface area contributed by atoms with Crippen LogP contribution in [-0.4, -0.2) is 19.5 Å². The molecule has 0 fully saturated rings. The maximum absolute atomic E-state index is 5.42. The van der Waals surface area contributed by atoms with Crippen LogP contribution in [0.15, 0.2) is 30.3 Å². The predicted octanol–water partition coefficient (Wildman–Crippen LogP) is 3.41. The van der Waals surface area contributed by atoms with Crippen molar-refractivity contribution in [1.82, 2.24) is 0 Å². The molecule has 0 amide bonds. The van der Waals surface area contributed by atoms with Crippen LogP contribution in [0.2, 0.25) is 0 Å². The highest BCUT2D eigenvalue weighted by Gasteiger charge is 2.01. The van der Waals surface area contributed by atoms with E-state index < -0.39 is 0 Å². The van der Waals surface area contributed by atoms with Gasteiger partial charge in [-0.3, -0.25) is 0 Å². The molecule has 1 aromatic carbocycles. The number of aryl methyl sites for hydroxylation is 1. The number of benzene rings is 1. The Hall–Kier alpha value is -1.12. The first-order chi connectivity index (χ1) is 7.76. The molecule has 0 saturated heterocycles. The highest BCUT2D eigenvalue weighted by molar-refractivity contribution is 5.49. The lowest BCUT2D eigenvalue weighted by molar-refractivity contribution is -0.103. The molecular formula is C14H20O2. The van der Waals surface area contributed by atoms with E-state index in [4.69, 9.17) is 9.47 Å². The van der Waals surface area contributed by atoms with Gasteiger partial charge < -0.3 is 9.47 Å². The number of ether oxygens (including phenoxy) is 2. The first-order valence-electron chi connectivity index (χ1n) is 5.74. The molecule has 0 bridgehead atoms. The molecule has 1 rings (SSSR count). The number of rotatable bonds is 6. The summed E-state index contributed by atoms with van der Waals surface area (Å²) in [6.07, 6.45) is 3.73. The van der Waals surface area contributed by atoms with Crippen molar-refractivity contribution in [3.05, 3.63) is 41.5 Å². The van der Waals surface area contributed by atoms with E-state index in [0.717, 1.165) is 5.56 Å². The van der Waals surface area contributed by atoms with Gasteiger partial charge in [0.15, 0.2) is 6.29 Å². The Bertz CT molecular complexity index is 308. The average Bonchev–Trinajstić information content (AvgIpc) is 2.29. The molecule has 88 valence electrons. The van der Waals surface area contributed by atoms with Crippen LogP contribution in [-0.2, 0) is 9.47 Å². The van der Waals surface area contributed by atoms with Crippen molar-refractivity contribution in [3.63, 3.8) is 0 Å². The van der Waals surface area contributed by atoms with E-state index >= 15 is 0 Å². The highest BCUT2D eigenvalue weighted by Crippen LogP contribution is 2.07. The van der Waals surface area contributed by atoms with Crippen LogP contribution < -0.4 is 0 Å². The van der Waals surface area contributed by atoms with Gasteiger partial charge in [0, 0.05) is 13.2 Å². The molecular weight excluding hydrogens is 200 g/mol. The third-order valence-corrected chi connectivity index (χ3v) is 2.19. The Kier molecular flexibility index (Phi) is 5.83. The van der Waals surface area contributed by atoms with Crippen LogP contribution in [0, 0.1) is 6.92 Å². The van der Waals surface area contributed by atoms with E-state index in [-0.39, 0.29) is 6.29 Å². The summed E-state index contributed by atoms with van der Waals surface area (Å²) in [4.78, 5) is 0. The van der Waals surface area contributed by atoms with E-state index in [1.165, 1.54) is 5.56 Å². The SMILES string of the molecule is CCOC(C=Cc1ccc(C)cc1)OCC. The van der Waals surface area contributed by atoms with Gasteiger partial charge in [-0.25, -0.2) is 0 Å². The van der Waals surface area contributed by atoms with Crippen molar-refractivity contribution in [2.45, 2.75) is 27.1 Å². The minimum Gasteiger partial charge on any atom is -0.349 e. The van der Waals surface area contributed by atoms with Crippen LogP contribution in [0.5, 0.6) is 0 Å². The Balaban J connectivity index is 2.58. The van der Waals surface area contributed by atoms with E-state index in [1.807, 2.05) is 26.0 Å². The molecule has 0 N–H and O–H groups in total. The second-order valence-corrected chi connectivity index (χ2v) is 3.55. The molecule has 0 aromatic heterocycles. The average molecular weight is 220 g/mol. The van der Waals surface area contributed by atoms with Gasteiger partial charge in [-0.1, -0.05) is 35.9 Å². The fourth-order valence-corrected chi connectivity index (χ4v) is 1.35. The Morgan fingerprint density at radius 1 is 1.06 bits per heavy atom. The van der Waals surface area contributed by atoms with Gasteiger partial charge in [-0.15, -0.1) is 0 Å². The lowest BCUT2D eigenvalue weighted by atomic mass is 10.1. The standard InChI is InChI=1S/C14H20O2/c1-4-15-14(16-5-2)11-10-13-8-6-12(3)7-9-13/h6-11,14H,4-5H2,1-3H3. The van der Waals surface area contributed by atoms with Crippen molar-refractivity contribution >= 4 is 6.08 Å². The molecule has 0 aliphatic rings. The molecule has 0 atom stereocenters. The van der Waals surface area contributed by atoms with E-state index in [1.54, 1.807) is 0 Å². The molecule has 2 heteroatoms. The molecule has 16 heavy (non-hydrogen) atoms. The van der Waals surface area contributed by atoms with Crippen LogP contribution in [0.25, 0.3) is 6.08 Å². The van der Waals surface area contributed by atoms with Gasteiger partial charge >= 0.3 is 0 Å². The zero-order chi connectivity index (χ0) is 11.8. The van der Waals surface area contributed by atoms with Crippen molar-refractivity contribution in [1.29, 1.82) is 0 Å². The van der Waals surface area contributed by atoms with Crippen LogP contribution in [0.1, 0.15) is 25.0 Å². The van der Waals surface area contributed by atoms with Gasteiger partial charge in [-0.05, 0) is 32.4 Å². The minimum absolute atomic E-state index is 0.240. The topological polar surface area (TPSA) is 18.5 Å². The van der Waals surface area contributed by atoms with Crippen molar-refractivity contribution in [2.75, 3.05) is 13.2 Å². The van der Waals surface area contributed by atoms with Crippen LogP contribution in [0.4, 0.5) is 0 Å². The predicted molar refractivity (Wildman–Crippen MR) is 67.3 cm³/mol. The van der Waals surface area contributed by atoms with Gasteiger partial charge in [0.2, 0.25) is 0 Å². The molecule has 0 aliphatic heterocycles. The molecule has 0 heterocycles. The summed E-state index contributed by atoms with van der Waals surface area (Å²) in [5.74, 6) is 0. The molecule has 0 aliphatic carbocycles. The summed E-state index contributed by atoms with van der Waals surface area (Å²) >= 11 is 0. The summed E-state index contributed by atoms with van der Waals surface area (Å²) in [5, 5.41) is 0. The smallest absolute Gasteiger partial charge is 0.177 e. The van der Waals surface area contributed by atoms with E-state index in [9.17, 15) is 0 Å². The van der Waals surface area contributed by atoms with Crippen LogP contribution in [0.3, 0.4) is 0 Å². The summed E-state index contributed by atoms with van der Waals surface area (Å²) in [5.41, 5.74) is 2.43. The monoisotopic (exact) mass is 220 g/mol. The number of hydrogen-bond acceptors (Lipinski definition) is 2. The van der Waals surface area contributed by atoms with Crippen molar-refractivity contribution < 1.29 is 9.47 Å². The lowest BCUT2D eigenvalue weighted by Crippen LogP contribution is -2.13. The van der Waals surface area contributed by atoms with Gasteiger partial charge in [0.25, 0.3) is 0 Å².